The third kappa shape index (κ3) is 11.5. The summed E-state index contributed by atoms with van der Waals surface area (Å²) >= 11 is 0. The predicted molar refractivity (Wildman–Crippen MR) is 194 cm³/mol. The van der Waals surface area contributed by atoms with Crippen LogP contribution in [0.15, 0.2) is 75.9 Å². The monoisotopic (exact) mass is 704 g/mol. The van der Waals surface area contributed by atoms with Gasteiger partial charge in [0.05, 0.1) is 48.0 Å². The Labute approximate surface area is 296 Å². The van der Waals surface area contributed by atoms with Crippen molar-refractivity contribution >= 4 is 40.8 Å². The topological polar surface area (TPSA) is 205 Å². The first-order valence-electron chi connectivity index (χ1n) is 16.8. The molecule has 1 aliphatic rings. The quantitative estimate of drug-likeness (QED) is 0.0937. The number of carbonyl (C=O) groups excluding carboxylic acids is 2. The van der Waals surface area contributed by atoms with Crippen molar-refractivity contribution in [3.63, 3.8) is 0 Å². The van der Waals surface area contributed by atoms with E-state index < -0.39 is 23.3 Å². The molecule has 3 aromatic rings. The van der Waals surface area contributed by atoms with Gasteiger partial charge < -0.3 is 31.3 Å². The number of allylic oxidation sites excluding steroid dienone is 1. The Kier molecular flexibility index (Phi) is 13.0. The highest BCUT2D eigenvalue weighted by atomic mass is 16.6. The number of carboxylic acids is 1. The van der Waals surface area contributed by atoms with Crippen molar-refractivity contribution in [1.29, 1.82) is 0 Å². The molecule has 0 spiro atoms. The lowest BCUT2D eigenvalue weighted by Gasteiger charge is -2.33. The number of fused-ring (bicyclic) bond motifs is 1. The average Bonchev–Trinajstić information content (AvgIpc) is 3.06. The molecule has 1 saturated heterocycles. The maximum atomic E-state index is 13.1. The van der Waals surface area contributed by atoms with E-state index in [4.69, 9.17) is 10.5 Å². The Hall–Kier alpha value is -5.12. The smallest absolute Gasteiger partial charge is 0.425 e. The van der Waals surface area contributed by atoms with E-state index in [1.807, 2.05) is 30.3 Å². The summed E-state index contributed by atoms with van der Waals surface area (Å²) in [6.45, 7) is 6.92. The molecule has 15 nitrogen and oxygen atoms in total. The van der Waals surface area contributed by atoms with Crippen LogP contribution in [0.5, 0.6) is 0 Å². The van der Waals surface area contributed by atoms with Crippen LogP contribution in [0.2, 0.25) is 0 Å². The zero-order valence-electron chi connectivity index (χ0n) is 29.6. The standard InChI is InChI=1S/C36H48N8O7/c1-35(2,3)51-34(49)44(19-17-39-22-28(33(47)48)29(37)20-25-8-6-5-7-9-25)42(4)18-12-31(45)41-26-10-11-27-30(21-26)40-24-43(32(27)46)23-36(50)13-15-38-16-14-36/h5-11,21-22,24,38,50H,12-20,23,37H2,1-4H3,(H,41,45)(H,47,48)/b29-28+,39-22?. The number of aromatic nitrogens is 2. The molecule has 6 N–H and O–H groups in total. The molecule has 0 unspecified atom stereocenters. The molecule has 0 saturated carbocycles. The third-order valence-corrected chi connectivity index (χ3v) is 8.26. The molecule has 0 bridgehead atoms. The molecule has 2 heterocycles. The first-order chi connectivity index (χ1) is 24.1. The lowest BCUT2D eigenvalue weighted by atomic mass is 9.92. The van der Waals surface area contributed by atoms with Crippen LogP contribution in [0.25, 0.3) is 10.9 Å². The normalized spacial score (nSPS) is 15.1. The van der Waals surface area contributed by atoms with Gasteiger partial charge in [0.2, 0.25) is 5.91 Å². The molecule has 1 aliphatic heterocycles. The fourth-order valence-corrected chi connectivity index (χ4v) is 5.53. The number of aliphatic imine (C=N–C) groups is 1. The number of hydrogen-bond donors (Lipinski definition) is 5. The summed E-state index contributed by atoms with van der Waals surface area (Å²) in [5.41, 5.74) is 5.78. The molecule has 1 aromatic heterocycles. The minimum absolute atomic E-state index is 0.00147. The molecule has 2 amide bonds. The fraction of sp³-hybridized carbons (Fsp3) is 0.444. The zero-order valence-corrected chi connectivity index (χ0v) is 29.6. The number of aliphatic hydroxyl groups is 1. The Balaban J connectivity index is 1.37. The van der Waals surface area contributed by atoms with Crippen molar-refractivity contribution in [3.05, 3.63) is 82.0 Å². The summed E-state index contributed by atoms with van der Waals surface area (Å²) in [6, 6.07) is 14.1. The molecule has 0 radical (unpaired) electrons. The first-order valence-corrected chi connectivity index (χ1v) is 16.8. The van der Waals surface area contributed by atoms with Crippen molar-refractivity contribution < 1.29 is 29.3 Å². The highest BCUT2D eigenvalue weighted by molar-refractivity contribution is 6.09. The number of ether oxygens (including phenoxy) is 1. The van der Waals surface area contributed by atoms with E-state index in [0.29, 0.717) is 42.5 Å². The maximum Gasteiger partial charge on any atom is 0.425 e. The minimum Gasteiger partial charge on any atom is -0.478 e. The number of hydrogen-bond acceptors (Lipinski definition) is 11. The van der Waals surface area contributed by atoms with Crippen LogP contribution in [0.3, 0.4) is 0 Å². The summed E-state index contributed by atoms with van der Waals surface area (Å²) in [5.74, 6) is -1.55. The van der Waals surface area contributed by atoms with E-state index in [1.165, 1.54) is 22.1 Å². The lowest BCUT2D eigenvalue weighted by Crippen LogP contribution is -2.48. The Morgan fingerprint density at radius 3 is 2.51 bits per heavy atom. The van der Waals surface area contributed by atoms with Crippen molar-refractivity contribution in [2.24, 2.45) is 10.7 Å². The fourth-order valence-electron chi connectivity index (χ4n) is 5.53. The molecule has 15 heteroatoms. The van der Waals surface area contributed by atoms with Gasteiger partial charge >= 0.3 is 12.1 Å². The summed E-state index contributed by atoms with van der Waals surface area (Å²) in [4.78, 5) is 59.7. The minimum atomic E-state index is -1.22. The second-order valence-corrected chi connectivity index (χ2v) is 13.6. The van der Waals surface area contributed by atoms with E-state index >= 15 is 0 Å². The SMILES string of the molecule is CN(CCC(=O)Nc1ccc2c(=O)n(CC3(O)CCNCC3)cnc2c1)N(CCN=C/C(C(=O)O)=C(\N)Cc1ccccc1)C(=O)OC(C)(C)C. The number of nitrogens with two attached hydrogens (primary N) is 1. The third-order valence-electron chi connectivity index (χ3n) is 8.26. The van der Waals surface area contributed by atoms with Gasteiger partial charge in [-0.2, -0.15) is 0 Å². The van der Waals surface area contributed by atoms with Crippen LogP contribution < -0.4 is 21.9 Å². The largest absolute Gasteiger partial charge is 0.478 e. The first kappa shape index (κ1) is 38.7. The number of rotatable bonds is 14. The number of nitrogens with zero attached hydrogens (tertiary/aromatic N) is 5. The van der Waals surface area contributed by atoms with Gasteiger partial charge in [0.25, 0.3) is 5.56 Å². The number of hydrazine groups is 1. The molecule has 4 rings (SSSR count). The van der Waals surface area contributed by atoms with Gasteiger partial charge in [-0.05, 0) is 70.5 Å². The van der Waals surface area contributed by atoms with Crippen LogP contribution in [0.4, 0.5) is 10.5 Å². The van der Waals surface area contributed by atoms with E-state index in [0.717, 1.165) is 5.56 Å². The molecule has 1 fully saturated rings. The number of carboxylic acid groups (broad SMARTS) is 1. The van der Waals surface area contributed by atoms with E-state index in [9.17, 15) is 29.4 Å². The molecule has 2 aromatic carbocycles. The van der Waals surface area contributed by atoms with Gasteiger partial charge in [-0.25, -0.2) is 24.6 Å². The highest BCUT2D eigenvalue weighted by Crippen LogP contribution is 2.21. The number of nitrogens with one attached hydrogen (secondary N) is 2. The maximum absolute atomic E-state index is 13.1. The van der Waals surface area contributed by atoms with Gasteiger partial charge in [-0.3, -0.25) is 19.1 Å². The number of aliphatic carboxylic acids is 1. The van der Waals surface area contributed by atoms with Crippen LogP contribution in [0.1, 0.15) is 45.6 Å². The molecule has 0 aliphatic carbocycles. The molecule has 274 valence electrons. The Morgan fingerprint density at radius 2 is 1.84 bits per heavy atom. The number of anilines is 1. The van der Waals surface area contributed by atoms with Crippen LogP contribution in [-0.4, -0.2) is 105 Å². The number of piperidine rings is 1. The van der Waals surface area contributed by atoms with Gasteiger partial charge in [-0.15, -0.1) is 0 Å². The lowest BCUT2D eigenvalue weighted by molar-refractivity contribution is -0.132. The van der Waals surface area contributed by atoms with Gasteiger partial charge in [-0.1, -0.05) is 30.3 Å². The van der Waals surface area contributed by atoms with Crippen LogP contribution >= 0.6 is 0 Å². The average molecular weight is 705 g/mol. The Morgan fingerprint density at radius 1 is 1.14 bits per heavy atom. The van der Waals surface area contributed by atoms with E-state index in [-0.39, 0.29) is 61.8 Å². The predicted octanol–water partition coefficient (Wildman–Crippen LogP) is 2.53. The van der Waals surface area contributed by atoms with Gasteiger partial charge in [0, 0.05) is 44.0 Å². The van der Waals surface area contributed by atoms with Crippen molar-refractivity contribution in [3.8, 4) is 0 Å². The van der Waals surface area contributed by atoms with Crippen molar-refractivity contribution in [2.45, 2.75) is 64.2 Å². The van der Waals surface area contributed by atoms with Crippen LogP contribution in [0, 0.1) is 0 Å². The number of benzene rings is 2. The summed E-state index contributed by atoms with van der Waals surface area (Å²) in [6.07, 6.45) is 3.27. The van der Waals surface area contributed by atoms with Gasteiger partial charge in [0.1, 0.15) is 5.60 Å². The van der Waals surface area contributed by atoms with E-state index in [2.05, 4.69) is 20.6 Å². The highest BCUT2D eigenvalue weighted by Gasteiger charge is 2.30. The molecule has 51 heavy (non-hydrogen) atoms. The van der Waals surface area contributed by atoms with Crippen molar-refractivity contribution in [1.82, 2.24) is 24.9 Å². The van der Waals surface area contributed by atoms with E-state index in [1.54, 1.807) is 51.0 Å². The second kappa shape index (κ2) is 17.2. The Bertz CT molecular complexity index is 1810. The zero-order chi connectivity index (χ0) is 37.2. The summed E-state index contributed by atoms with van der Waals surface area (Å²) < 4.78 is 6.99. The second-order valence-electron chi connectivity index (χ2n) is 13.6. The molecular formula is C36H48N8O7. The number of amides is 2. The summed E-state index contributed by atoms with van der Waals surface area (Å²) in [5, 5.41) is 29.8. The molecular weight excluding hydrogens is 656 g/mol. The molecule has 0 atom stereocenters. The van der Waals surface area contributed by atoms with Gasteiger partial charge in [0.15, 0.2) is 0 Å². The van der Waals surface area contributed by atoms with Crippen molar-refractivity contribution in [2.75, 3.05) is 45.1 Å². The summed E-state index contributed by atoms with van der Waals surface area (Å²) in [7, 11) is 1.63. The number of carbonyl (C=O) groups is 3. The van der Waals surface area contributed by atoms with Crippen LogP contribution in [-0.2, 0) is 27.3 Å².